The fraction of sp³-hybridized carbons (Fsp3) is 0.238. The molecule has 0 spiro atoms. The molecular weight excluding hydrogens is 386 g/mol. The van der Waals surface area contributed by atoms with Crippen molar-refractivity contribution < 1.29 is 26.2 Å². The third kappa shape index (κ3) is 2.45. The molecule has 24 heavy (non-hydrogen) atoms. The second-order valence-electron chi connectivity index (χ2n) is 7.32. The molecule has 0 saturated heterocycles. The van der Waals surface area contributed by atoms with Crippen molar-refractivity contribution >= 4 is 24.6 Å². The summed E-state index contributed by atoms with van der Waals surface area (Å²) in [6.07, 6.45) is 2.25. The summed E-state index contributed by atoms with van der Waals surface area (Å²) in [5.41, 5.74) is 6.84. The first kappa shape index (κ1) is 17.6. The standard InChI is InChI=1S/C11H13NSi.C10H9.Zr/c1-6-5-8-9(12-6)11-7(2)10(8)13(11,3)4;1-8-6-9-4-2-3-5-10(9)7-8;/h5H,1-4H3;2-7H,1H3;/q;-1;. The van der Waals surface area contributed by atoms with Gasteiger partial charge in [-0.2, -0.15) is 6.07 Å². The number of benzene rings is 1. The van der Waals surface area contributed by atoms with Crippen LogP contribution in [0.1, 0.15) is 19.4 Å². The van der Waals surface area contributed by atoms with E-state index in [1.165, 1.54) is 38.9 Å². The zero-order valence-electron chi connectivity index (χ0n) is 15.0. The number of aliphatic imine (C=N–C) groups is 1. The molecule has 0 fully saturated rings. The van der Waals surface area contributed by atoms with Gasteiger partial charge in [-0.3, -0.25) is 4.99 Å². The Balaban J connectivity index is 0.000000140. The Kier molecular flexibility index (Phi) is 4.38. The first-order valence-electron chi connectivity index (χ1n) is 8.26. The van der Waals surface area contributed by atoms with Gasteiger partial charge < -0.3 is 0 Å². The Labute approximate surface area is 164 Å². The van der Waals surface area contributed by atoms with Gasteiger partial charge in [-0.05, 0) is 35.9 Å². The molecule has 2 bridgehead atoms. The molecule has 1 nitrogen and oxygen atoms in total. The zero-order chi connectivity index (χ0) is 16.4. The van der Waals surface area contributed by atoms with Gasteiger partial charge in [0.2, 0.25) is 0 Å². The predicted molar refractivity (Wildman–Crippen MR) is 103 cm³/mol. The molecule has 3 heteroatoms. The number of allylic oxidation sites excluding steroid dienone is 4. The van der Waals surface area contributed by atoms with Crippen LogP contribution in [0.4, 0.5) is 0 Å². The minimum atomic E-state index is -1.15. The fourth-order valence-corrected chi connectivity index (χ4v) is 8.20. The average Bonchev–Trinajstić information content (AvgIpc) is 3.12. The Hall–Kier alpha value is -1.18. The molecule has 0 atom stereocenters. The van der Waals surface area contributed by atoms with E-state index in [9.17, 15) is 0 Å². The third-order valence-corrected chi connectivity index (χ3v) is 8.92. The van der Waals surface area contributed by atoms with Gasteiger partial charge in [0.05, 0.1) is 5.70 Å². The summed E-state index contributed by atoms with van der Waals surface area (Å²) in [4.78, 5) is 4.62. The number of rotatable bonds is 0. The van der Waals surface area contributed by atoms with E-state index in [1.54, 1.807) is 10.4 Å². The molecule has 3 heterocycles. The van der Waals surface area contributed by atoms with Crippen molar-refractivity contribution in [1.82, 2.24) is 0 Å². The van der Waals surface area contributed by atoms with Crippen LogP contribution in [0.2, 0.25) is 13.1 Å². The van der Waals surface area contributed by atoms with Gasteiger partial charge in [0.15, 0.2) is 0 Å². The summed E-state index contributed by atoms with van der Waals surface area (Å²) in [6, 6.07) is 12.8. The zero-order valence-corrected chi connectivity index (χ0v) is 18.4. The van der Waals surface area contributed by atoms with Gasteiger partial charge in [-0.15, -0.1) is 40.6 Å². The van der Waals surface area contributed by atoms with Crippen LogP contribution in [0.25, 0.3) is 10.8 Å². The smallest absolute Gasteiger partial charge is 0.116 e. The molecule has 4 aliphatic rings. The molecule has 0 unspecified atom stereocenters. The Bertz CT molecular complexity index is 934. The number of fused-ring (bicyclic) bond motifs is 1. The van der Waals surface area contributed by atoms with Crippen molar-refractivity contribution in [3.8, 4) is 0 Å². The third-order valence-electron chi connectivity index (χ3n) is 5.16. The molecule has 0 N–H and O–H groups in total. The van der Waals surface area contributed by atoms with Crippen molar-refractivity contribution in [3.05, 3.63) is 75.3 Å². The summed E-state index contributed by atoms with van der Waals surface area (Å²) in [5.74, 6) is 0. The van der Waals surface area contributed by atoms with Gasteiger partial charge in [0.1, 0.15) is 8.07 Å². The molecule has 0 amide bonds. The van der Waals surface area contributed by atoms with E-state index < -0.39 is 8.07 Å². The summed E-state index contributed by atoms with van der Waals surface area (Å²) in [5, 5.41) is 5.98. The molecule has 0 radical (unpaired) electrons. The normalized spacial score (nSPS) is 19.2. The van der Waals surface area contributed by atoms with Crippen molar-refractivity contribution in [2.75, 3.05) is 0 Å². The fourth-order valence-electron chi connectivity index (χ4n) is 4.37. The topological polar surface area (TPSA) is 12.4 Å². The minimum Gasteiger partial charge on any atom is -0.253 e. The Morgan fingerprint density at radius 2 is 1.71 bits per heavy atom. The second-order valence-corrected chi connectivity index (χ2v) is 11.6. The van der Waals surface area contributed by atoms with Crippen LogP contribution in [0.5, 0.6) is 0 Å². The second kappa shape index (κ2) is 5.97. The van der Waals surface area contributed by atoms with E-state index in [1.807, 2.05) is 0 Å². The first-order valence-corrected chi connectivity index (χ1v) is 11.3. The molecule has 2 aromatic rings. The van der Waals surface area contributed by atoms with Crippen molar-refractivity contribution in [2.24, 2.45) is 4.99 Å². The molecular formula is C21H22NSiZr-. The number of hydrogen-bond acceptors (Lipinski definition) is 1. The predicted octanol–water partition coefficient (Wildman–Crippen LogP) is 5.64. The Morgan fingerprint density at radius 3 is 2.33 bits per heavy atom. The first-order chi connectivity index (χ1) is 10.9. The van der Waals surface area contributed by atoms with Gasteiger partial charge in [-0.1, -0.05) is 26.1 Å². The van der Waals surface area contributed by atoms with Crippen molar-refractivity contribution in [1.29, 1.82) is 0 Å². The number of nitrogens with zero attached hydrogens (tertiary/aromatic N) is 1. The maximum Gasteiger partial charge on any atom is 0.116 e. The average molecular weight is 408 g/mol. The molecule has 3 aliphatic heterocycles. The van der Waals surface area contributed by atoms with Crippen LogP contribution < -0.4 is 0 Å². The molecule has 2 aromatic carbocycles. The van der Waals surface area contributed by atoms with E-state index in [0.717, 1.165) is 0 Å². The Morgan fingerprint density at radius 1 is 1.00 bits per heavy atom. The number of aryl methyl sites for hydroxylation is 1. The van der Waals surface area contributed by atoms with E-state index in [0.29, 0.717) is 0 Å². The summed E-state index contributed by atoms with van der Waals surface area (Å²) < 4.78 is 0. The van der Waals surface area contributed by atoms with E-state index >= 15 is 0 Å². The summed E-state index contributed by atoms with van der Waals surface area (Å²) in [6.45, 7) is 11.3. The van der Waals surface area contributed by atoms with E-state index in [-0.39, 0.29) is 26.2 Å². The molecule has 120 valence electrons. The molecule has 0 saturated carbocycles. The van der Waals surface area contributed by atoms with E-state index in [4.69, 9.17) is 0 Å². The van der Waals surface area contributed by atoms with Gasteiger partial charge >= 0.3 is 0 Å². The van der Waals surface area contributed by atoms with Gasteiger partial charge in [-0.25, -0.2) is 0 Å². The quantitative estimate of drug-likeness (QED) is 0.396. The van der Waals surface area contributed by atoms with Gasteiger partial charge in [0.25, 0.3) is 0 Å². The van der Waals surface area contributed by atoms with E-state index in [2.05, 4.69) is 81.3 Å². The van der Waals surface area contributed by atoms with Crippen LogP contribution in [0.3, 0.4) is 0 Å². The maximum atomic E-state index is 4.62. The van der Waals surface area contributed by atoms with Crippen molar-refractivity contribution in [2.45, 2.75) is 33.9 Å². The monoisotopic (exact) mass is 406 g/mol. The van der Waals surface area contributed by atoms with Crippen LogP contribution in [-0.4, -0.2) is 13.8 Å². The van der Waals surface area contributed by atoms with Crippen LogP contribution in [0.15, 0.2) is 74.7 Å². The van der Waals surface area contributed by atoms with Gasteiger partial charge in [0, 0.05) is 37.5 Å². The summed E-state index contributed by atoms with van der Waals surface area (Å²) in [7, 11) is -1.15. The summed E-state index contributed by atoms with van der Waals surface area (Å²) >= 11 is 0. The molecule has 1 aliphatic carbocycles. The van der Waals surface area contributed by atoms with Crippen LogP contribution in [-0.2, 0) is 26.2 Å². The molecule has 0 aromatic heterocycles. The number of hydrogen-bond donors (Lipinski definition) is 0. The van der Waals surface area contributed by atoms with Crippen molar-refractivity contribution in [3.63, 3.8) is 0 Å². The molecule has 6 rings (SSSR count). The largest absolute Gasteiger partial charge is 0.253 e. The minimum absolute atomic E-state index is 0. The maximum absolute atomic E-state index is 4.62. The van der Waals surface area contributed by atoms with Crippen LogP contribution >= 0.6 is 0 Å². The SMILES string of the molecule is CC1=NC2=C3C(C)=C(C2=C1)[Si]3(C)C.Cc1cc2ccccc2[cH-]1.[Zr]. The van der Waals surface area contributed by atoms with Crippen LogP contribution in [0, 0.1) is 6.92 Å².